The number of nitrogens with one attached hydrogen (secondary N) is 1. The van der Waals surface area contributed by atoms with E-state index >= 15 is 0 Å². The van der Waals surface area contributed by atoms with Crippen molar-refractivity contribution in [3.05, 3.63) is 69.7 Å². The minimum absolute atomic E-state index is 0.0326. The first-order chi connectivity index (χ1) is 14.6. The normalized spacial score (nSPS) is 14.5. The fourth-order valence-corrected chi connectivity index (χ4v) is 4.64. The molecule has 1 aliphatic rings. The number of carbonyl (C=O) groups excluding carboxylic acids is 1. The topological polar surface area (TPSA) is 67.4 Å². The SMILES string of the molecule is COc1ccc(Cc2nnc(C3CCN(C(=O)Nc4ccc(C)cc4)CC3)s2)cc1. The van der Waals surface area contributed by atoms with Crippen molar-refractivity contribution >= 4 is 23.1 Å². The Morgan fingerprint density at radius 2 is 1.80 bits per heavy atom. The molecule has 2 heterocycles. The van der Waals surface area contributed by atoms with E-state index < -0.39 is 0 Å². The molecule has 0 aliphatic carbocycles. The Morgan fingerprint density at radius 3 is 2.47 bits per heavy atom. The van der Waals surface area contributed by atoms with Gasteiger partial charge in [-0.3, -0.25) is 0 Å². The number of aryl methyl sites for hydroxylation is 1. The summed E-state index contributed by atoms with van der Waals surface area (Å²) < 4.78 is 5.21. The average molecular weight is 423 g/mol. The van der Waals surface area contributed by atoms with Gasteiger partial charge in [-0.05, 0) is 49.6 Å². The van der Waals surface area contributed by atoms with Crippen LogP contribution in [-0.2, 0) is 6.42 Å². The molecule has 3 aromatic rings. The predicted octanol–water partition coefficient (Wildman–Crippen LogP) is 4.86. The zero-order valence-corrected chi connectivity index (χ0v) is 18.1. The lowest BCUT2D eigenvalue weighted by Crippen LogP contribution is -2.40. The molecule has 0 radical (unpaired) electrons. The van der Waals surface area contributed by atoms with Crippen LogP contribution in [0.25, 0.3) is 0 Å². The van der Waals surface area contributed by atoms with Crippen LogP contribution in [-0.4, -0.2) is 41.3 Å². The highest BCUT2D eigenvalue weighted by molar-refractivity contribution is 7.11. The van der Waals surface area contributed by atoms with Crippen LogP contribution in [0.2, 0.25) is 0 Å². The standard InChI is InChI=1S/C23H26N4O2S/c1-16-3-7-19(8-4-16)24-23(28)27-13-11-18(12-14-27)22-26-25-21(30-22)15-17-5-9-20(29-2)10-6-17/h3-10,18H,11-15H2,1-2H3,(H,24,28). The number of hydrogen-bond acceptors (Lipinski definition) is 5. The highest BCUT2D eigenvalue weighted by atomic mass is 32.1. The fraction of sp³-hybridized carbons (Fsp3) is 0.348. The molecular formula is C23H26N4O2S. The van der Waals surface area contributed by atoms with Crippen molar-refractivity contribution in [2.75, 3.05) is 25.5 Å². The van der Waals surface area contributed by atoms with Crippen molar-refractivity contribution < 1.29 is 9.53 Å². The second kappa shape index (κ2) is 9.26. The molecule has 7 heteroatoms. The van der Waals surface area contributed by atoms with Crippen molar-refractivity contribution in [3.8, 4) is 5.75 Å². The Labute approximate surface area is 180 Å². The van der Waals surface area contributed by atoms with Gasteiger partial charge in [0, 0.05) is 31.1 Å². The monoisotopic (exact) mass is 422 g/mol. The maximum absolute atomic E-state index is 12.5. The summed E-state index contributed by atoms with van der Waals surface area (Å²) in [7, 11) is 1.67. The van der Waals surface area contributed by atoms with E-state index in [4.69, 9.17) is 4.74 Å². The highest BCUT2D eigenvalue weighted by Crippen LogP contribution is 2.31. The van der Waals surface area contributed by atoms with Crippen LogP contribution in [0, 0.1) is 6.92 Å². The summed E-state index contributed by atoms with van der Waals surface area (Å²) in [6, 6.07) is 15.9. The van der Waals surface area contributed by atoms with Crippen LogP contribution in [0.1, 0.15) is 39.9 Å². The van der Waals surface area contributed by atoms with Gasteiger partial charge in [-0.15, -0.1) is 21.5 Å². The lowest BCUT2D eigenvalue weighted by atomic mass is 9.98. The number of ether oxygens (including phenoxy) is 1. The van der Waals surface area contributed by atoms with E-state index in [0.717, 1.165) is 53.8 Å². The van der Waals surface area contributed by atoms with Crippen molar-refractivity contribution in [2.24, 2.45) is 0 Å². The molecule has 0 atom stereocenters. The predicted molar refractivity (Wildman–Crippen MR) is 119 cm³/mol. The smallest absolute Gasteiger partial charge is 0.321 e. The second-order valence-corrected chi connectivity index (χ2v) is 8.71. The van der Waals surface area contributed by atoms with Gasteiger partial charge >= 0.3 is 6.03 Å². The van der Waals surface area contributed by atoms with Crippen LogP contribution >= 0.6 is 11.3 Å². The van der Waals surface area contributed by atoms with Crippen LogP contribution in [0.15, 0.2) is 48.5 Å². The van der Waals surface area contributed by atoms with Gasteiger partial charge in [-0.1, -0.05) is 29.8 Å². The number of aromatic nitrogens is 2. The first-order valence-corrected chi connectivity index (χ1v) is 11.0. The summed E-state index contributed by atoms with van der Waals surface area (Å²) >= 11 is 1.69. The van der Waals surface area contributed by atoms with Gasteiger partial charge in [0.2, 0.25) is 0 Å². The van der Waals surface area contributed by atoms with E-state index in [1.807, 2.05) is 48.2 Å². The van der Waals surface area contributed by atoms with Gasteiger partial charge in [-0.2, -0.15) is 0 Å². The number of urea groups is 1. The molecule has 4 rings (SSSR count). The van der Waals surface area contributed by atoms with Gasteiger partial charge in [0.25, 0.3) is 0 Å². The third kappa shape index (κ3) is 4.97. The Bertz CT molecular complexity index is 977. The molecule has 156 valence electrons. The number of benzene rings is 2. The Balaban J connectivity index is 1.29. The third-order valence-electron chi connectivity index (χ3n) is 5.43. The second-order valence-electron chi connectivity index (χ2n) is 7.62. The lowest BCUT2D eigenvalue weighted by molar-refractivity contribution is 0.194. The third-order valence-corrected chi connectivity index (χ3v) is 6.52. The Hall–Kier alpha value is -2.93. The quantitative estimate of drug-likeness (QED) is 0.638. The minimum atomic E-state index is -0.0326. The van der Waals surface area contributed by atoms with Crippen molar-refractivity contribution in [1.29, 1.82) is 0 Å². The minimum Gasteiger partial charge on any atom is -0.497 e. The van der Waals surface area contributed by atoms with E-state index in [-0.39, 0.29) is 6.03 Å². The Morgan fingerprint density at radius 1 is 1.10 bits per heavy atom. The number of carbonyl (C=O) groups is 1. The number of anilines is 1. The molecule has 0 unspecified atom stereocenters. The van der Waals surface area contributed by atoms with Gasteiger partial charge < -0.3 is 15.0 Å². The van der Waals surface area contributed by atoms with E-state index in [1.54, 1.807) is 18.4 Å². The number of piperidine rings is 1. The summed E-state index contributed by atoms with van der Waals surface area (Å²) in [5.74, 6) is 1.23. The summed E-state index contributed by atoms with van der Waals surface area (Å²) in [4.78, 5) is 14.4. The molecule has 0 spiro atoms. The molecule has 1 N–H and O–H groups in total. The molecule has 1 aromatic heterocycles. The summed E-state index contributed by atoms with van der Waals surface area (Å²) in [6.45, 7) is 3.50. The molecule has 1 saturated heterocycles. The molecule has 2 aromatic carbocycles. The average Bonchev–Trinajstić information content (AvgIpc) is 3.24. The molecule has 0 bridgehead atoms. The number of likely N-dealkylation sites (tertiary alicyclic amines) is 1. The van der Waals surface area contributed by atoms with Crippen molar-refractivity contribution in [3.63, 3.8) is 0 Å². The van der Waals surface area contributed by atoms with Crippen LogP contribution < -0.4 is 10.1 Å². The molecule has 30 heavy (non-hydrogen) atoms. The molecule has 6 nitrogen and oxygen atoms in total. The van der Waals surface area contributed by atoms with Crippen LogP contribution in [0.3, 0.4) is 0 Å². The van der Waals surface area contributed by atoms with Crippen molar-refractivity contribution in [2.45, 2.75) is 32.1 Å². The van der Waals surface area contributed by atoms with Gasteiger partial charge in [0.05, 0.1) is 7.11 Å². The van der Waals surface area contributed by atoms with Crippen molar-refractivity contribution in [1.82, 2.24) is 15.1 Å². The number of nitrogens with zero attached hydrogens (tertiary/aromatic N) is 3. The lowest BCUT2D eigenvalue weighted by Gasteiger charge is -2.31. The molecule has 1 aliphatic heterocycles. The first kappa shape index (κ1) is 20.3. The number of rotatable bonds is 5. The zero-order valence-electron chi connectivity index (χ0n) is 17.3. The van der Waals surface area contributed by atoms with E-state index in [1.165, 1.54) is 11.1 Å². The maximum atomic E-state index is 12.5. The van der Waals surface area contributed by atoms with E-state index in [9.17, 15) is 4.79 Å². The van der Waals surface area contributed by atoms with E-state index in [0.29, 0.717) is 5.92 Å². The Kier molecular flexibility index (Phi) is 6.28. The summed E-state index contributed by atoms with van der Waals surface area (Å²) in [6.07, 6.45) is 2.61. The summed E-state index contributed by atoms with van der Waals surface area (Å²) in [5, 5.41) is 13.9. The zero-order chi connectivity index (χ0) is 20.9. The largest absolute Gasteiger partial charge is 0.497 e. The highest BCUT2D eigenvalue weighted by Gasteiger charge is 2.26. The molecular weight excluding hydrogens is 396 g/mol. The summed E-state index contributed by atoms with van der Waals surface area (Å²) in [5.41, 5.74) is 3.21. The number of methoxy groups -OCH3 is 1. The maximum Gasteiger partial charge on any atom is 0.321 e. The van der Waals surface area contributed by atoms with Gasteiger partial charge in [-0.25, -0.2) is 4.79 Å². The van der Waals surface area contributed by atoms with Gasteiger partial charge in [0.1, 0.15) is 15.8 Å². The van der Waals surface area contributed by atoms with Crippen LogP contribution in [0.4, 0.5) is 10.5 Å². The molecule has 2 amide bonds. The van der Waals surface area contributed by atoms with Crippen LogP contribution in [0.5, 0.6) is 5.75 Å². The van der Waals surface area contributed by atoms with Gasteiger partial charge in [0.15, 0.2) is 0 Å². The first-order valence-electron chi connectivity index (χ1n) is 10.2. The van der Waals surface area contributed by atoms with E-state index in [2.05, 4.69) is 27.6 Å². The number of hydrogen-bond donors (Lipinski definition) is 1. The number of amides is 2. The molecule has 0 saturated carbocycles. The molecule has 1 fully saturated rings. The fourth-order valence-electron chi connectivity index (χ4n) is 3.59.